The fourth-order valence-corrected chi connectivity index (χ4v) is 0.641. The molecule has 0 radical (unpaired) electrons. The molecule has 0 fully saturated rings. The van der Waals surface area contributed by atoms with Crippen LogP contribution in [0.4, 0.5) is 24.3 Å². The van der Waals surface area contributed by atoms with Crippen molar-refractivity contribution in [1.29, 1.82) is 5.39 Å². The van der Waals surface area contributed by atoms with Crippen LogP contribution in [0, 0.1) is 15.5 Å². The molecule has 0 spiro atoms. The first kappa shape index (κ1) is 16.3. The Morgan fingerprint density at radius 1 is 1.25 bits per heavy atom. The van der Waals surface area contributed by atoms with Crippen LogP contribution in [0.25, 0.3) is 4.98 Å². The van der Waals surface area contributed by atoms with E-state index < -0.39 is 12.5 Å². The highest BCUT2D eigenvalue weighted by Gasteiger charge is 2.08. The Bertz CT molecular complexity index is 364. The number of diazo groups is 1. The number of nitro benzene ring substituents is 1. The molecule has 0 heterocycles. The Kier molecular flexibility index (Phi) is 8.29. The minimum absolute atomic E-state index is 0. The normalized spacial score (nSPS) is 7.62. The highest BCUT2D eigenvalue weighted by molar-refractivity contribution is 6.33. The van der Waals surface area contributed by atoms with Gasteiger partial charge in [-0.15, -0.1) is 0 Å². The van der Waals surface area contributed by atoms with Crippen molar-refractivity contribution in [2.45, 2.75) is 0 Å². The summed E-state index contributed by atoms with van der Waals surface area (Å²) < 4.78 is 29.0. The van der Waals surface area contributed by atoms with Crippen molar-refractivity contribution in [3.8, 4) is 0 Å². The van der Waals surface area contributed by atoms with E-state index in [4.69, 9.17) is 5.39 Å². The third kappa shape index (κ3) is 7.25. The topological polar surface area (TPSA) is 71.3 Å². The second kappa shape index (κ2) is 8.16. The van der Waals surface area contributed by atoms with Crippen LogP contribution >= 0.6 is 0 Å². The summed E-state index contributed by atoms with van der Waals surface area (Å²) in [6, 6.07) is 5.26. The van der Waals surface area contributed by atoms with Crippen molar-refractivity contribution >= 4 is 18.9 Å². The van der Waals surface area contributed by atoms with Gasteiger partial charge in [0.2, 0.25) is 5.39 Å². The van der Waals surface area contributed by atoms with Crippen molar-refractivity contribution in [2.75, 3.05) is 0 Å². The van der Waals surface area contributed by atoms with Crippen LogP contribution in [0.3, 0.4) is 0 Å². The van der Waals surface area contributed by atoms with E-state index in [2.05, 4.69) is 4.98 Å². The van der Waals surface area contributed by atoms with Gasteiger partial charge >= 0.3 is 13.2 Å². The highest BCUT2D eigenvalue weighted by atomic mass is 19.4. The van der Waals surface area contributed by atoms with Gasteiger partial charge in [-0.3, -0.25) is 23.1 Å². The number of nitro groups is 1. The predicted octanol–water partition coefficient (Wildman–Crippen LogP) is -0.0368. The number of hydrogen-bond donors (Lipinski definition) is 0. The number of nitrogens with zero attached hydrogens (tertiary/aromatic N) is 3. The SMILES string of the molecule is FB(F)F.N#[N+]c1ccc([N+](=O)[O-])cc1.[F-]. The zero-order valence-corrected chi connectivity index (χ0v) is 7.56. The monoisotopic (exact) mass is 237 g/mol. The largest absolute Gasteiger partial charge is 1.00 e. The Balaban J connectivity index is 0. The van der Waals surface area contributed by atoms with Gasteiger partial charge in [-0.25, -0.2) is 0 Å². The molecule has 1 aromatic rings. The summed E-state index contributed by atoms with van der Waals surface area (Å²) >= 11 is 0. The summed E-state index contributed by atoms with van der Waals surface area (Å²) in [7, 11) is -3.67. The van der Waals surface area contributed by atoms with Crippen LogP contribution in [0.15, 0.2) is 24.3 Å². The summed E-state index contributed by atoms with van der Waals surface area (Å²) in [5.74, 6) is 0. The first-order valence-electron chi connectivity index (χ1n) is 3.49. The van der Waals surface area contributed by atoms with E-state index in [9.17, 15) is 23.1 Å². The van der Waals surface area contributed by atoms with Crippen molar-refractivity contribution in [3.05, 3.63) is 39.4 Å². The van der Waals surface area contributed by atoms with Gasteiger partial charge in [0.05, 0.1) is 4.92 Å². The van der Waals surface area contributed by atoms with E-state index in [-0.39, 0.29) is 10.4 Å². The fourth-order valence-electron chi connectivity index (χ4n) is 0.641. The zero-order chi connectivity index (χ0) is 11.8. The Morgan fingerprint density at radius 2 is 1.62 bits per heavy atom. The quantitative estimate of drug-likeness (QED) is 0.226. The Morgan fingerprint density at radius 3 is 1.88 bits per heavy atom. The van der Waals surface area contributed by atoms with E-state index in [1.807, 2.05) is 0 Å². The summed E-state index contributed by atoms with van der Waals surface area (Å²) in [5, 5.41) is 18.3. The molecule has 0 aliphatic carbocycles. The summed E-state index contributed by atoms with van der Waals surface area (Å²) in [5.41, 5.74) is 0.285. The zero-order valence-electron chi connectivity index (χ0n) is 7.56. The van der Waals surface area contributed by atoms with Crippen LogP contribution in [0.5, 0.6) is 0 Å². The van der Waals surface area contributed by atoms with Gasteiger partial charge in [-0.2, -0.15) is 0 Å². The number of benzene rings is 1. The van der Waals surface area contributed by atoms with Crippen molar-refractivity contribution in [2.24, 2.45) is 0 Å². The highest BCUT2D eigenvalue weighted by Crippen LogP contribution is 2.16. The first-order valence-corrected chi connectivity index (χ1v) is 3.49. The van der Waals surface area contributed by atoms with E-state index in [1.165, 1.54) is 24.3 Å². The van der Waals surface area contributed by atoms with Gasteiger partial charge < -0.3 is 4.70 Å². The van der Waals surface area contributed by atoms with Gasteiger partial charge in [0.25, 0.3) is 5.69 Å². The molecular formula is C6H4BF4N3O2. The lowest BCUT2D eigenvalue weighted by Gasteiger charge is -1.84. The number of hydrogen-bond acceptors (Lipinski definition) is 3. The van der Waals surface area contributed by atoms with Gasteiger partial charge in [0, 0.05) is 24.3 Å². The van der Waals surface area contributed by atoms with Crippen LogP contribution in [0.1, 0.15) is 0 Å². The molecule has 5 nitrogen and oxygen atoms in total. The second-order valence-corrected chi connectivity index (χ2v) is 2.12. The molecule has 0 aromatic heterocycles. The second-order valence-electron chi connectivity index (χ2n) is 2.12. The van der Waals surface area contributed by atoms with Crippen LogP contribution in [0.2, 0.25) is 0 Å². The third-order valence-corrected chi connectivity index (χ3v) is 1.18. The minimum atomic E-state index is -3.67. The van der Waals surface area contributed by atoms with Crippen molar-refractivity contribution < 1.29 is 22.6 Å². The average Bonchev–Trinajstić information content (AvgIpc) is 2.17. The molecule has 0 unspecified atom stereocenters. The molecule has 0 atom stereocenters. The number of rotatable bonds is 1. The molecule has 16 heavy (non-hydrogen) atoms. The molecule has 0 bridgehead atoms. The van der Waals surface area contributed by atoms with E-state index in [0.717, 1.165) is 0 Å². The van der Waals surface area contributed by atoms with Crippen LogP contribution in [-0.2, 0) is 0 Å². The molecule has 0 N–H and O–H groups in total. The lowest BCUT2D eigenvalue weighted by Crippen LogP contribution is -3.00. The molecule has 0 aliphatic rings. The lowest BCUT2D eigenvalue weighted by molar-refractivity contribution is -0.384. The average molecular weight is 237 g/mol. The Labute approximate surface area is 87.2 Å². The number of non-ortho nitro benzene ring substituents is 1. The molecular weight excluding hydrogens is 233 g/mol. The summed E-state index contributed by atoms with van der Waals surface area (Å²) in [6.07, 6.45) is 0. The van der Waals surface area contributed by atoms with Crippen molar-refractivity contribution in [3.63, 3.8) is 0 Å². The minimum Gasteiger partial charge on any atom is -1.00 e. The molecule has 10 heteroatoms. The van der Waals surface area contributed by atoms with Crippen molar-refractivity contribution in [1.82, 2.24) is 0 Å². The molecule has 0 aliphatic heterocycles. The maximum absolute atomic E-state index is 10.1. The van der Waals surface area contributed by atoms with E-state index in [1.54, 1.807) is 0 Å². The van der Waals surface area contributed by atoms with E-state index in [0.29, 0.717) is 5.69 Å². The van der Waals surface area contributed by atoms with Gasteiger partial charge in [0.1, 0.15) is 0 Å². The molecule has 0 saturated carbocycles. The van der Waals surface area contributed by atoms with Gasteiger partial charge in [-0.1, -0.05) is 0 Å². The predicted molar refractivity (Wildman–Crippen MR) is 46.9 cm³/mol. The maximum atomic E-state index is 10.1. The third-order valence-electron chi connectivity index (χ3n) is 1.18. The fraction of sp³-hybridized carbons (Fsp3) is 0. The smallest absolute Gasteiger partial charge is 0.762 e. The molecule has 0 amide bonds. The molecule has 1 aromatic carbocycles. The maximum Gasteiger partial charge on any atom is 0.762 e. The summed E-state index contributed by atoms with van der Waals surface area (Å²) in [6.45, 7) is 0. The number of halogens is 4. The van der Waals surface area contributed by atoms with E-state index >= 15 is 0 Å². The van der Waals surface area contributed by atoms with Gasteiger partial charge in [-0.05, 0) is 0 Å². The Hall–Kier alpha value is -2.18. The molecule has 86 valence electrons. The summed E-state index contributed by atoms with van der Waals surface area (Å²) in [4.78, 5) is 12.4. The van der Waals surface area contributed by atoms with Crippen LogP contribution < -0.4 is 4.70 Å². The lowest BCUT2D eigenvalue weighted by atomic mass is 10.3. The molecule has 0 saturated heterocycles. The van der Waals surface area contributed by atoms with Gasteiger partial charge in [0.15, 0.2) is 4.98 Å². The van der Waals surface area contributed by atoms with Crippen LogP contribution in [-0.4, -0.2) is 12.5 Å². The first-order chi connectivity index (χ1) is 6.97. The standard InChI is InChI=1S/C6H4N3O2.BF3.FH/c7-8-5-1-3-6(4-2-5)9(10)11;2-1(3)4;/h1-4H;;1H/q+1;;/p-1. The molecule has 1 rings (SSSR count).